The van der Waals surface area contributed by atoms with Gasteiger partial charge in [-0.1, -0.05) is 0 Å². The number of furan rings is 1. The number of carbonyl (C=O) groups excluding carboxylic acids is 1. The van der Waals surface area contributed by atoms with Crippen LogP contribution < -0.4 is 5.43 Å². The summed E-state index contributed by atoms with van der Waals surface area (Å²) in [6.07, 6.45) is 0.298. The van der Waals surface area contributed by atoms with Crippen molar-refractivity contribution in [3.05, 3.63) is 57.2 Å². The Morgan fingerprint density at radius 1 is 1.05 bits per heavy atom. The van der Waals surface area contributed by atoms with Gasteiger partial charge >= 0.3 is 5.91 Å². The molecule has 0 fully saturated rings. The normalized spacial score (nSPS) is 11.2. The molecule has 1 N–H and O–H groups in total. The minimum absolute atomic E-state index is 0.179. The zero-order valence-electron chi connectivity index (χ0n) is 10.3. The number of amides is 1. The van der Waals surface area contributed by atoms with Crippen molar-refractivity contribution in [2.75, 3.05) is 0 Å². The van der Waals surface area contributed by atoms with E-state index in [2.05, 4.69) is 21.0 Å². The third kappa shape index (κ3) is 3.01. The molecule has 22 heavy (non-hydrogen) atoms. The van der Waals surface area contributed by atoms with Crippen molar-refractivity contribution in [3.8, 4) is 0 Å². The van der Waals surface area contributed by atoms with Gasteiger partial charge in [0.2, 0.25) is 5.82 Å². The number of carbonyl (C=O) groups is 1. The highest BCUT2D eigenvalue weighted by atomic mass is 79.9. The molecule has 1 aromatic heterocycles. The van der Waals surface area contributed by atoms with E-state index in [4.69, 9.17) is 4.42 Å². The maximum absolute atomic E-state index is 13.3. The lowest BCUT2D eigenvalue weighted by Crippen LogP contribution is -2.17. The Kier molecular flexibility index (Phi) is 4.59. The van der Waals surface area contributed by atoms with E-state index in [0.717, 1.165) is 0 Å². The first kappa shape index (κ1) is 16.1. The van der Waals surface area contributed by atoms with Gasteiger partial charge < -0.3 is 4.42 Å². The summed E-state index contributed by atoms with van der Waals surface area (Å²) in [5, 5.41) is 3.13. The van der Waals surface area contributed by atoms with Gasteiger partial charge in [0.15, 0.2) is 33.7 Å². The Morgan fingerprint density at radius 2 is 1.59 bits per heavy atom. The highest BCUT2D eigenvalue weighted by molar-refractivity contribution is 9.10. The van der Waals surface area contributed by atoms with Crippen molar-refractivity contribution in [3.63, 3.8) is 0 Å². The number of hydrazone groups is 1. The summed E-state index contributed by atoms with van der Waals surface area (Å²) in [6, 6.07) is 2.68. The second-order valence-electron chi connectivity index (χ2n) is 3.79. The first-order chi connectivity index (χ1) is 10.3. The van der Waals surface area contributed by atoms with Gasteiger partial charge in [-0.05, 0) is 28.1 Å². The third-order valence-corrected chi connectivity index (χ3v) is 2.83. The van der Waals surface area contributed by atoms with Crippen molar-refractivity contribution < 1.29 is 31.2 Å². The molecule has 0 saturated heterocycles. The van der Waals surface area contributed by atoms with Crippen LogP contribution in [-0.2, 0) is 0 Å². The molecule has 0 aliphatic rings. The first-order valence-electron chi connectivity index (χ1n) is 5.43. The van der Waals surface area contributed by atoms with E-state index in [1.807, 2.05) is 5.43 Å². The van der Waals surface area contributed by atoms with Crippen LogP contribution in [0.3, 0.4) is 0 Å². The zero-order valence-corrected chi connectivity index (χ0v) is 11.8. The second-order valence-corrected chi connectivity index (χ2v) is 4.57. The molecule has 4 nitrogen and oxygen atoms in total. The SMILES string of the molecule is O=C(N/N=C/c1c(F)c(F)c(F)c(F)c1F)c1ccc(Br)o1. The van der Waals surface area contributed by atoms with Crippen LogP contribution in [0.25, 0.3) is 0 Å². The molecule has 1 aromatic carbocycles. The fourth-order valence-electron chi connectivity index (χ4n) is 1.38. The average molecular weight is 383 g/mol. The second kappa shape index (κ2) is 6.26. The van der Waals surface area contributed by atoms with Gasteiger partial charge in [0.1, 0.15) is 0 Å². The predicted molar refractivity (Wildman–Crippen MR) is 67.7 cm³/mol. The number of nitrogens with one attached hydrogen (secondary N) is 1. The van der Waals surface area contributed by atoms with Gasteiger partial charge in [-0.2, -0.15) is 5.10 Å². The van der Waals surface area contributed by atoms with E-state index >= 15 is 0 Å². The molecule has 116 valence electrons. The molecule has 0 aliphatic carbocycles. The largest absolute Gasteiger partial charge is 0.444 e. The first-order valence-corrected chi connectivity index (χ1v) is 6.22. The number of hydrogen-bond donors (Lipinski definition) is 1. The van der Waals surface area contributed by atoms with Crippen molar-refractivity contribution in [2.45, 2.75) is 0 Å². The summed E-state index contributed by atoms with van der Waals surface area (Å²) in [5.74, 6) is -11.7. The highest BCUT2D eigenvalue weighted by Gasteiger charge is 2.24. The van der Waals surface area contributed by atoms with E-state index in [1.165, 1.54) is 12.1 Å². The molecule has 0 saturated carbocycles. The minimum atomic E-state index is -2.28. The van der Waals surface area contributed by atoms with Crippen molar-refractivity contribution in [2.24, 2.45) is 5.10 Å². The standard InChI is InChI=1S/C12H4BrF5N2O2/c13-6-2-1-5(22-6)12(21)20-19-3-4-7(14)9(16)11(18)10(17)8(4)15/h1-3H,(H,20,21)/b19-3+. The topological polar surface area (TPSA) is 54.6 Å². The predicted octanol–water partition coefficient (Wildman–Crippen LogP) is 3.50. The minimum Gasteiger partial charge on any atom is -0.444 e. The van der Waals surface area contributed by atoms with Gasteiger partial charge in [-0.25, -0.2) is 27.4 Å². The molecule has 1 amide bonds. The smallest absolute Gasteiger partial charge is 0.307 e. The van der Waals surface area contributed by atoms with Gasteiger partial charge in [0.05, 0.1) is 11.8 Å². The van der Waals surface area contributed by atoms with Crippen LogP contribution >= 0.6 is 15.9 Å². The molecule has 2 aromatic rings. The maximum atomic E-state index is 13.3. The molecule has 0 aliphatic heterocycles. The van der Waals surface area contributed by atoms with Crippen molar-refractivity contribution >= 4 is 28.1 Å². The third-order valence-electron chi connectivity index (χ3n) is 2.40. The molecule has 0 radical (unpaired) electrons. The van der Waals surface area contributed by atoms with Crippen molar-refractivity contribution in [1.82, 2.24) is 5.43 Å². The average Bonchev–Trinajstić information content (AvgIpc) is 2.93. The number of halogens is 6. The van der Waals surface area contributed by atoms with E-state index in [9.17, 15) is 26.7 Å². The molecule has 2 rings (SSSR count). The fraction of sp³-hybridized carbons (Fsp3) is 0. The van der Waals surface area contributed by atoms with Gasteiger partial charge in [-0.3, -0.25) is 4.79 Å². The fourth-order valence-corrected chi connectivity index (χ4v) is 1.69. The summed E-state index contributed by atoms with van der Waals surface area (Å²) in [6.45, 7) is 0. The van der Waals surface area contributed by atoms with E-state index in [0.29, 0.717) is 6.21 Å². The Morgan fingerprint density at radius 3 is 2.09 bits per heavy atom. The molecule has 10 heteroatoms. The van der Waals surface area contributed by atoms with E-state index in [-0.39, 0.29) is 10.4 Å². The Hall–Kier alpha value is -2.23. The summed E-state index contributed by atoms with van der Waals surface area (Å²) < 4.78 is 70.4. The molecule has 0 unspecified atom stereocenters. The summed E-state index contributed by atoms with van der Waals surface area (Å²) >= 11 is 2.94. The van der Waals surface area contributed by atoms with E-state index < -0.39 is 40.6 Å². The molecular formula is C12H4BrF5N2O2. The zero-order chi connectivity index (χ0) is 16.4. The number of rotatable bonds is 3. The number of benzene rings is 1. The van der Waals surface area contributed by atoms with Crippen LogP contribution in [-0.4, -0.2) is 12.1 Å². The van der Waals surface area contributed by atoms with Gasteiger partial charge in [-0.15, -0.1) is 0 Å². The molecule has 0 spiro atoms. The molecule has 0 bridgehead atoms. The van der Waals surface area contributed by atoms with Crippen LogP contribution in [0, 0.1) is 29.1 Å². The van der Waals surface area contributed by atoms with Crippen LogP contribution in [0.2, 0.25) is 0 Å². The quantitative estimate of drug-likeness (QED) is 0.290. The van der Waals surface area contributed by atoms with Gasteiger partial charge in [0.25, 0.3) is 0 Å². The summed E-state index contributed by atoms with van der Waals surface area (Å²) in [5.41, 5.74) is 0.532. The van der Waals surface area contributed by atoms with Gasteiger partial charge in [0, 0.05) is 0 Å². The Bertz CT molecular complexity index is 746. The Balaban J connectivity index is 2.22. The van der Waals surface area contributed by atoms with E-state index in [1.54, 1.807) is 0 Å². The van der Waals surface area contributed by atoms with Crippen LogP contribution in [0.15, 0.2) is 26.3 Å². The monoisotopic (exact) mass is 382 g/mol. The lowest BCUT2D eigenvalue weighted by Gasteiger charge is -2.03. The lowest BCUT2D eigenvalue weighted by molar-refractivity contribution is 0.0926. The number of nitrogens with zero attached hydrogens (tertiary/aromatic N) is 1. The summed E-state index contributed by atoms with van der Waals surface area (Å²) in [7, 11) is 0. The number of hydrogen-bond acceptors (Lipinski definition) is 3. The van der Waals surface area contributed by atoms with Crippen LogP contribution in [0.5, 0.6) is 0 Å². The Labute approximate surface area is 127 Å². The molecule has 0 atom stereocenters. The lowest BCUT2D eigenvalue weighted by atomic mass is 10.2. The summed E-state index contributed by atoms with van der Waals surface area (Å²) in [4.78, 5) is 11.5. The van der Waals surface area contributed by atoms with Crippen molar-refractivity contribution in [1.29, 1.82) is 0 Å². The molecular weight excluding hydrogens is 379 g/mol. The molecule has 1 heterocycles. The van der Waals surface area contributed by atoms with Crippen LogP contribution in [0.4, 0.5) is 22.0 Å². The highest BCUT2D eigenvalue weighted by Crippen LogP contribution is 2.21. The van der Waals surface area contributed by atoms with Crippen LogP contribution in [0.1, 0.15) is 16.1 Å². The maximum Gasteiger partial charge on any atom is 0.307 e.